The van der Waals surface area contributed by atoms with Gasteiger partial charge in [0.2, 0.25) is 5.91 Å². The minimum atomic E-state index is -0.267. The summed E-state index contributed by atoms with van der Waals surface area (Å²) in [6.07, 6.45) is 4.06. The third-order valence-electron chi connectivity index (χ3n) is 3.62. The number of carbonyl (C=O) groups is 1. The van der Waals surface area contributed by atoms with Gasteiger partial charge < -0.3 is 15.7 Å². The van der Waals surface area contributed by atoms with Crippen molar-refractivity contribution in [1.29, 1.82) is 0 Å². The largest absolute Gasteiger partial charge is 0.394 e. The first kappa shape index (κ1) is 14.3. The average Bonchev–Trinajstić information content (AvgIpc) is 2.89. The fourth-order valence-electron chi connectivity index (χ4n) is 2.45. The molecule has 0 aliphatic heterocycles. The molecule has 0 saturated heterocycles. The monoisotopic (exact) mass is 282 g/mol. The Morgan fingerprint density at radius 2 is 1.89 bits per heavy atom. The van der Waals surface area contributed by atoms with E-state index >= 15 is 0 Å². The van der Waals surface area contributed by atoms with Gasteiger partial charge in [-0.3, -0.25) is 4.79 Å². The third-order valence-corrected chi connectivity index (χ3v) is 3.87. The predicted molar refractivity (Wildman–Crippen MR) is 76.4 cm³/mol. The number of amides is 1. The first-order chi connectivity index (χ1) is 9.13. The summed E-state index contributed by atoms with van der Waals surface area (Å²) < 4.78 is 0. The lowest BCUT2D eigenvalue weighted by atomic mass is 9.99. The molecular weight excluding hydrogens is 264 g/mol. The van der Waals surface area contributed by atoms with Crippen LogP contribution in [0.15, 0.2) is 24.3 Å². The number of hydrogen-bond donors (Lipinski definition) is 3. The lowest BCUT2D eigenvalue weighted by Crippen LogP contribution is -2.49. The van der Waals surface area contributed by atoms with Crippen LogP contribution in [0.5, 0.6) is 0 Å². The van der Waals surface area contributed by atoms with Gasteiger partial charge >= 0.3 is 0 Å². The van der Waals surface area contributed by atoms with Gasteiger partial charge in [0.1, 0.15) is 0 Å². The van der Waals surface area contributed by atoms with Crippen molar-refractivity contribution in [3.05, 3.63) is 29.3 Å². The normalized spacial score (nSPS) is 17.4. The highest BCUT2D eigenvalue weighted by Gasteiger charge is 2.32. The number of halogens is 1. The second kappa shape index (κ2) is 6.37. The van der Waals surface area contributed by atoms with E-state index in [0.717, 1.165) is 31.4 Å². The highest BCUT2D eigenvalue weighted by molar-refractivity contribution is 6.30. The maximum atomic E-state index is 11.8. The van der Waals surface area contributed by atoms with Crippen LogP contribution in [-0.2, 0) is 4.79 Å². The van der Waals surface area contributed by atoms with Crippen LogP contribution in [0.2, 0.25) is 5.02 Å². The van der Waals surface area contributed by atoms with Gasteiger partial charge in [0.15, 0.2) is 0 Å². The van der Waals surface area contributed by atoms with E-state index in [-0.39, 0.29) is 24.6 Å². The minimum absolute atomic E-state index is 0.0845. The average molecular weight is 283 g/mol. The molecule has 0 unspecified atom stereocenters. The van der Waals surface area contributed by atoms with E-state index in [0.29, 0.717) is 5.02 Å². The van der Waals surface area contributed by atoms with Crippen molar-refractivity contribution in [2.75, 3.05) is 18.5 Å². The van der Waals surface area contributed by atoms with Gasteiger partial charge in [-0.15, -0.1) is 0 Å². The Morgan fingerprint density at radius 3 is 2.47 bits per heavy atom. The van der Waals surface area contributed by atoms with Gasteiger partial charge in [0, 0.05) is 16.2 Å². The number of aliphatic hydroxyl groups is 1. The standard InChI is InChI=1S/C14H19ClN2O2/c15-11-3-5-12(6-4-11)17-13(19)9-16-14(10-18)7-1-2-8-14/h3-6,16,18H,1-2,7-10H2,(H,17,19). The van der Waals surface area contributed by atoms with Gasteiger partial charge in [0.05, 0.1) is 13.2 Å². The zero-order valence-corrected chi connectivity index (χ0v) is 11.5. The van der Waals surface area contributed by atoms with Crippen molar-refractivity contribution < 1.29 is 9.90 Å². The summed E-state index contributed by atoms with van der Waals surface area (Å²) in [5, 5.41) is 16.1. The van der Waals surface area contributed by atoms with E-state index in [1.165, 1.54) is 0 Å². The molecule has 1 aliphatic rings. The van der Waals surface area contributed by atoms with Gasteiger partial charge in [0.25, 0.3) is 0 Å². The van der Waals surface area contributed by atoms with E-state index in [9.17, 15) is 9.90 Å². The van der Waals surface area contributed by atoms with Crippen LogP contribution in [0.3, 0.4) is 0 Å². The molecule has 1 aromatic carbocycles. The smallest absolute Gasteiger partial charge is 0.238 e. The van der Waals surface area contributed by atoms with Crippen LogP contribution in [0.4, 0.5) is 5.69 Å². The molecule has 1 aliphatic carbocycles. The zero-order valence-electron chi connectivity index (χ0n) is 10.8. The number of carbonyl (C=O) groups excluding carboxylic acids is 1. The number of rotatable bonds is 5. The van der Waals surface area contributed by atoms with Crippen LogP contribution in [-0.4, -0.2) is 29.7 Å². The molecule has 1 aromatic rings. The molecule has 0 atom stereocenters. The maximum absolute atomic E-state index is 11.8. The van der Waals surface area contributed by atoms with E-state index in [4.69, 9.17) is 11.6 Å². The zero-order chi connectivity index (χ0) is 13.7. The van der Waals surface area contributed by atoms with Crippen LogP contribution < -0.4 is 10.6 Å². The summed E-state index contributed by atoms with van der Waals surface area (Å²) in [7, 11) is 0. The Kier molecular flexibility index (Phi) is 4.80. The molecule has 0 heterocycles. The Labute approximate surface area is 118 Å². The quantitative estimate of drug-likeness (QED) is 0.776. The summed E-state index contributed by atoms with van der Waals surface area (Å²) in [5.41, 5.74) is 0.456. The van der Waals surface area contributed by atoms with Gasteiger partial charge in [-0.25, -0.2) is 0 Å². The Morgan fingerprint density at radius 1 is 1.26 bits per heavy atom. The molecule has 0 spiro atoms. The molecule has 0 aromatic heterocycles. The first-order valence-corrected chi connectivity index (χ1v) is 6.93. The van der Waals surface area contributed by atoms with E-state index in [1.807, 2.05) is 0 Å². The van der Waals surface area contributed by atoms with E-state index < -0.39 is 0 Å². The van der Waals surface area contributed by atoms with Crippen molar-refractivity contribution in [2.24, 2.45) is 0 Å². The van der Waals surface area contributed by atoms with Crippen molar-refractivity contribution in [3.63, 3.8) is 0 Å². The second-order valence-electron chi connectivity index (χ2n) is 5.05. The lowest BCUT2D eigenvalue weighted by molar-refractivity contribution is -0.115. The third kappa shape index (κ3) is 3.93. The van der Waals surface area contributed by atoms with Gasteiger partial charge in [-0.2, -0.15) is 0 Å². The van der Waals surface area contributed by atoms with Crippen molar-refractivity contribution >= 4 is 23.2 Å². The molecule has 19 heavy (non-hydrogen) atoms. The molecule has 0 radical (unpaired) electrons. The highest BCUT2D eigenvalue weighted by atomic mass is 35.5. The second-order valence-corrected chi connectivity index (χ2v) is 5.49. The molecule has 3 N–H and O–H groups in total. The molecule has 2 rings (SSSR count). The topological polar surface area (TPSA) is 61.4 Å². The Balaban J connectivity index is 1.82. The summed E-state index contributed by atoms with van der Waals surface area (Å²) >= 11 is 5.78. The van der Waals surface area contributed by atoms with Crippen LogP contribution in [0.25, 0.3) is 0 Å². The summed E-state index contributed by atoms with van der Waals surface area (Å²) in [6, 6.07) is 6.99. The molecule has 4 nitrogen and oxygen atoms in total. The molecule has 104 valence electrons. The van der Waals surface area contributed by atoms with Crippen molar-refractivity contribution in [3.8, 4) is 0 Å². The fraction of sp³-hybridized carbons (Fsp3) is 0.500. The number of hydrogen-bond acceptors (Lipinski definition) is 3. The Bertz CT molecular complexity index is 428. The molecule has 0 bridgehead atoms. The minimum Gasteiger partial charge on any atom is -0.394 e. The Hall–Kier alpha value is -1.10. The van der Waals surface area contributed by atoms with Gasteiger partial charge in [-0.05, 0) is 37.1 Å². The predicted octanol–water partition coefficient (Wildman–Crippen LogP) is 2.17. The van der Waals surface area contributed by atoms with Gasteiger partial charge in [-0.1, -0.05) is 24.4 Å². The molecule has 1 fully saturated rings. The van der Waals surface area contributed by atoms with Crippen LogP contribution >= 0.6 is 11.6 Å². The van der Waals surface area contributed by atoms with Crippen LogP contribution in [0.1, 0.15) is 25.7 Å². The van der Waals surface area contributed by atoms with E-state index in [1.54, 1.807) is 24.3 Å². The fourth-order valence-corrected chi connectivity index (χ4v) is 2.57. The molecule has 1 saturated carbocycles. The molecular formula is C14H19ClN2O2. The van der Waals surface area contributed by atoms with E-state index in [2.05, 4.69) is 10.6 Å². The molecule has 5 heteroatoms. The van der Waals surface area contributed by atoms with Crippen molar-refractivity contribution in [1.82, 2.24) is 5.32 Å². The number of anilines is 1. The summed E-state index contributed by atoms with van der Waals surface area (Å²) in [5.74, 6) is -0.109. The lowest BCUT2D eigenvalue weighted by Gasteiger charge is -2.27. The number of aliphatic hydroxyl groups excluding tert-OH is 1. The summed E-state index contributed by atoms with van der Waals surface area (Å²) in [6.45, 7) is 0.296. The SMILES string of the molecule is O=C(CNC1(CO)CCCC1)Nc1ccc(Cl)cc1. The van der Waals surface area contributed by atoms with Crippen LogP contribution in [0, 0.1) is 0 Å². The maximum Gasteiger partial charge on any atom is 0.238 e. The number of benzene rings is 1. The van der Waals surface area contributed by atoms with Crippen molar-refractivity contribution in [2.45, 2.75) is 31.2 Å². The first-order valence-electron chi connectivity index (χ1n) is 6.55. The highest BCUT2D eigenvalue weighted by Crippen LogP contribution is 2.28. The number of nitrogens with one attached hydrogen (secondary N) is 2. The molecule has 1 amide bonds. The summed E-state index contributed by atoms with van der Waals surface area (Å²) in [4.78, 5) is 11.8.